The van der Waals surface area contributed by atoms with Crippen LogP contribution in [-0.4, -0.2) is 22.8 Å². The molecule has 0 aliphatic carbocycles. The number of rotatable bonds is 4. The lowest BCUT2D eigenvalue weighted by atomic mass is 10.1. The fraction of sp³-hybridized carbons (Fsp3) is 0.188. The first-order valence-electron chi connectivity index (χ1n) is 6.27. The summed E-state index contributed by atoms with van der Waals surface area (Å²) in [5.74, 6) is -0.876. The predicted molar refractivity (Wildman–Crippen MR) is 93.0 cm³/mol. The van der Waals surface area contributed by atoms with Gasteiger partial charge in [0.2, 0.25) is 0 Å². The third kappa shape index (κ3) is 8.44. The van der Waals surface area contributed by atoms with E-state index >= 15 is 0 Å². The molecule has 0 saturated carbocycles. The van der Waals surface area contributed by atoms with Gasteiger partial charge in [-0.05, 0) is 59.2 Å². The number of aliphatic hydroxyl groups excluding tert-OH is 1. The number of aryl methyl sites for hydroxylation is 1. The van der Waals surface area contributed by atoms with Crippen molar-refractivity contribution in [3.05, 3.63) is 69.3 Å². The van der Waals surface area contributed by atoms with Crippen LogP contribution in [0.1, 0.15) is 22.3 Å². The number of aromatic carboxylic acids is 1. The topological polar surface area (TPSA) is 92.5 Å². The Bertz CT molecular complexity index is 532. The van der Waals surface area contributed by atoms with Crippen molar-refractivity contribution in [2.24, 2.45) is 0 Å². The molecule has 2 aromatic rings. The summed E-state index contributed by atoms with van der Waals surface area (Å²) in [5, 5.41) is 17.0. The molecular weight excluding hydrogens is 381 g/mol. The Hall–Kier alpha value is -1.44. The van der Waals surface area contributed by atoms with E-state index in [1.54, 1.807) is 18.2 Å². The second-order valence-electron chi connectivity index (χ2n) is 4.13. The first-order valence-corrected chi connectivity index (χ1v) is 7.35. The quantitative estimate of drug-likeness (QED) is 0.681. The maximum absolute atomic E-state index is 10.3. The van der Waals surface area contributed by atoms with Crippen LogP contribution in [0, 0.1) is 3.57 Å². The highest BCUT2D eigenvalue weighted by molar-refractivity contribution is 14.1. The summed E-state index contributed by atoms with van der Waals surface area (Å²) in [5.41, 5.74) is 1.64. The lowest BCUT2D eigenvalue weighted by Gasteiger charge is -1.96. The summed E-state index contributed by atoms with van der Waals surface area (Å²) in [6.07, 6.45) is 1.85. The van der Waals surface area contributed by atoms with Crippen LogP contribution in [0.2, 0.25) is 0 Å². The van der Waals surface area contributed by atoms with E-state index in [1.807, 2.05) is 24.3 Å². The minimum absolute atomic E-state index is 0. The highest BCUT2D eigenvalue weighted by Crippen LogP contribution is 2.06. The van der Waals surface area contributed by atoms with Gasteiger partial charge in [0.05, 0.1) is 5.56 Å². The normalized spacial score (nSPS) is 9.05. The van der Waals surface area contributed by atoms with Crippen LogP contribution < -0.4 is 6.15 Å². The van der Waals surface area contributed by atoms with Gasteiger partial charge >= 0.3 is 5.97 Å². The zero-order valence-electron chi connectivity index (χ0n) is 11.7. The zero-order valence-corrected chi connectivity index (χ0v) is 13.9. The Kier molecular flexibility index (Phi) is 10.5. The number of carboxylic acid groups (broad SMARTS) is 1. The molecule has 0 aromatic heterocycles. The third-order valence-electron chi connectivity index (χ3n) is 2.54. The zero-order chi connectivity index (χ0) is 14.8. The van der Waals surface area contributed by atoms with Crippen LogP contribution in [0.15, 0.2) is 54.6 Å². The molecule has 0 amide bonds. The molecule has 5 N–H and O–H groups in total. The largest absolute Gasteiger partial charge is 0.478 e. The van der Waals surface area contributed by atoms with Crippen LogP contribution >= 0.6 is 22.6 Å². The molecule has 4 nitrogen and oxygen atoms in total. The summed E-state index contributed by atoms with van der Waals surface area (Å²) in [6, 6.07) is 17.0. The Morgan fingerprint density at radius 2 is 1.71 bits per heavy atom. The van der Waals surface area contributed by atoms with E-state index in [4.69, 9.17) is 10.2 Å². The van der Waals surface area contributed by atoms with Crippen molar-refractivity contribution in [2.75, 3.05) is 6.61 Å². The second kappa shape index (κ2) is 11.2. The average molecular weight is 401 g/mol. The molecule has 2 rings (SSSR count). The van der Waals surface area contributed by atoms with Crippen molar-refractivity contribution in [3.8, 4) is 0 Å². The van der Waals surface area contributed by atoms with E-state index in [0.717, 1.165) is 16.4 Å². The number of hydrogen-bond donors (Lipinski definition) is 3. The Balaban J connectivity index is 0.000000364. The van der Waals surface area contributed by atoms with Crippen molar-refractivity contribution in [2.45, 2.75) is 12.8 Å². The van der Waals surface area contributed by atoms with Crippen LogP contribution in [-0.2, 0) is 6.42 Å². The van der Waals surface area contributed by atoms with Gasteiger partial charge in [-0.15, -0.1) is 0 Å². The molecule has 0 bridgehead atoms. The minimum Gasteiger partial charge on any atom is -0.478 e. The van der Waals surface area contributed by atoms with Crippen LogP contribution in [0.25, 0.3) is 0 Å². The summed E-state index contributed by atoms with van der Waals surface area (Å²) >= 11 is 2.08. The standard InChI is InChI=1S/C9H12O.C7H5IO2.H3N/c10-8-4-7-9-5-2-1-3-6-9;8-6-3-1-2-5(4-6)7(9)10;/h1-3,5-6,10H,4,7-8H2;1-4H,(H,9,10);1H3. The van der Waals surface area contributed by atoms with Gasteiger partial charge in [-0.3, -0.25) is 0 Å². The van der Waals surface area contributed by atoms with Crippen molar-refractivity contribution < 1.29 is 15.0 Å². The van der Waals surface area contributed by atoms with Crippen molar-refractivity contribution >= 4 is 28.6 Å². The number of hydrogen-bond acceptors (Lipinski definition) is 3. The Morgan fingerprint density at radius 1 is 1.05 bits per heavy atom. The van der Waals surface area contributed by atoms with E-state index in [0.29, 0.717) is 5.56 Å². The lowest BCUT2D eigenvalue weighted by Crippen LogP contribution is -1.95. The molecule has 0 heterocycles. The number of carboxylic acids is 1. The first kappa shape index (κ1) is 19.6. The fourth-order valence-corrected chi connectivity index (χ4v) is 2.09. The minimum atomic E-state index is -0.876. The van der Waals surface area contributed by atoms with Crippen LogP contribution in [0.4, 0.5) is 0 Å². The van der Waals surface area contributed by atoms with Gasteiger partial charge in [0, 0.05) is 10.2 Å². The Morgan fingerprint density at radius 3 is 2.19 bits per heavy atom. The molecule has 0 fully saturated rings. The molecule has 114 valence electrons. The summed E-state index contributed by atoms with van der Waals surface area (Å²) < 4.78 is 0.942. The SMILES string of the molecule is N.O=C(O)c1cccc(I)c1.OCCCc1ccccc1. The number of benzene rings is 2. The molecule has 0 radical (unpaired) electrons. The lowest BCUT2D eigenvalue weighted by molar-refractivity contribution is 0.0697. The predicted octanol–water partition coefficient (Wildman–Crippen LogP) is 3.76. The molecule has 21 heavy (non-hydrogen) atoms. The van der Waals surface area contributed by atoms with Gasteiger partial charge in [-0.1, -0.05) is 36.4 Å². The molecule has 0 saturated heterocycles. The molecule has 0 atom stereocenters. The van der Waals surface area contributed by atoms with Crippen molar-refractivity contribution in [1.29, 1.82) is 0 Å². The molecule has 5 heteroatoms. The molecular formula is C16H20INO3. The molecule has 2 aromatic carbocycles. The van der Waals surface area contributed by atoms with Gasteiger partial charge in [0.25, 0.3) is 0 Å². The van der Waals surface area contributed by atoms with Gasteiger partial charge < -0.3 is 16.4 Å². The third-order valence-corrected chi connectivity index (χ3v) is 3.21. The van der Waals surface area contributed by atoms with Crippen molar-refractivity contribution in [3.63, 3.8) is 0 Å². The van der Waals surface area contributed by atoms with Gasteiger partial charge in [-0.25, -0.2) is 4.79 Å². The number of carbonyl (C=O) groups is 1. The maximum atomic E-state index is 10.3. The van der Waals surface area contributed by atoms with Crippen LogP contribution in [0.5, 0.6) is 0 Å². The summed E-state index contributed by atoms with van der Waals surface area (Å²) in [7, 11) is 0. The smallest absolute Gasteiger partial charge is 0.335 e. The average Bonchev–Trinajstić information content (AvgIpc) is 2.47. The van der Waals surface area contributed by atoms with Crippen molar-refractivity contribution in [1.82, 2.24) is 6.15 Å². The summed E-state index contributed by atoms with van der Waals surface area (Å²) in [4.78, 5) is 10.3. The second-order valence-corrected chi connectivity index (χ2v) is 5.37. The highest BCUT2D eigenvalue weighted by Gasteiger charge is 1.99. The maximum Gasteiger partial charge on any atom is 0.335 e. The van der Waals surface area contributed by atoms with E-state index in [9.17, 15) is 4.79 Å². The summed E-state index contributed by atoms with van der Waals surface area (Å²) in [6.45, 7) is 0.287. The highest BCUT2D eigenvalue weighted by atomic mass is 127. The fourth-order valence-electron chi connectivity index (χ4n) is 1.55. The molecule has 0 aliphatic rings. The van der Waals surface area contributed by atoms with E-state index < -0.39 is 5.97 Å². The van der Waals surface area contributed by atoms with E-state index in [2.05, 4.69) is 34.7 Å². The first-order chi connectivity index (χ1) is 9.63. The molecule has 0 aliphatic heterocycles. The van der Waals surface area contributed by atoms with E-state index in [1.165, 1.54) is 5.56 Å². The Labute approximate surface area is 138 Å². The molecule has 0 spiro atoms. The van der Waals surface area contributed by atoms with Crippen LogP contribution in [0.3, 0.4) is 0 Å². The number of halogens is 1. The van der Waals surface area contributed by atoms with Gasteiger partial charge in [0.1, 0.15) is 0 Å². The molecule has 0 unspecified atom stereocenters. The van der Waals surface area contributed by atoms with E-state index in [-0.39, 0.29) is 12.8 Å². The monoisotopic (exact) mass is 401 g/mol. The number of aliphatic hydroxyl groups is 1. The van der Waals surface area contributed by atoms with Gasteiger partial charge in [-0.2, -0.15) is 0 Å². The van der Waals surface area contributed by atoms with Gasteiger partial charge in [0.15, 0.2) is 0 Å².